The molecule has 0 saturated heterocycles. The minimum atomic E-state index is -4.22. The number of carbonyl (C=O) groups is 2. The van der Waals surface area contributed by atoms with E-state index >= 15 is 0 Å². The number of hydrogen-bond acceptors (Lipinski definition) is 6. The molecule has 3 aromatic rings. The summed E-state index contributed by atoms with van der Waals surface area (Å²) in [6, 6.07) is 17.2. The first-order valence-corrected chi connectivity index (χ1v) is 16.5. The van der Waals surface area contributed by atoms with Gasteiger partial charge in [0, 0.05) is 23.7 Å². The number of halogens is 1. The van der Waals surface area contributed by atoms with E-state index < -0.39 is 28.5 Å². The standard InChI is InChI=1S/C33H40ClN3O6S/c1-23-10-17-29(18-11-23)44(40,41)37(28-16-19-30(42-3)31(20-28)43-4)22-32(38)36(21-25-12-14-26(34)15-13-25)24(2)33(39)35-27-8-6-5-7-9-27/h10-20,24,27H,5-9,21-22H2,1-4H3,(H,35,39)/t24-/m1/s1. The van der Waals surface area contributed by atoms with Crippen LogP contribution in [0.3, 0.4) is 0 Å². The maximum atomic E-state index is 14.2. The molecule has 1 atom stereocenters. The van der Waals surface area contributed by atoms with Crippen molar-refractivity contribution in [1.82, 2.24) is 10.2 Å². The molecule has 4 rings (SSSR count). The van der Waals surface area contributed by atoms with Gasteiger partial charge in [-0.2, -0.15) is 0 Å². The van der Waals surface area contributed by atoms with E-state index in [0.717, 1.165) is 47.5 Å². The fraction of sp³-hybridized carbons (Fsp3) is 0.394. The lowest BCUT2D eigenvalue weighted by Crippen LogP contribution is -2.53. The number of aryl methyl sites for hydroxylation is 1. The van der Waals surface area contributed by atoms with Crippen LogP contribution in [0.2, 0.25) is 5.02 Å². The van der Waals surface area contributed by atoms with Gasteiger partial charge in [0.2, 0.25) is 11.8 Å². The van der Waals surface area contributed by atoms with Crippen LogP contribution in [0.15, 0.2) is 71.6 Å². The van der Waals surface area contributed by atoms with Crippen LogP contribution in [-0.2, 0) is 26.2 Å². The van der Waals surface area contributed by atoms with Crippen LogP contribution in [0.4, 0.5) is 5.69 Å². The highest BCUT2D eigenvalue weighted by Gasteiger charge is 2.33. The molecular weight excluding hydrogens is 602 g/mol. The number of ether oxygens (including phenoxy) is 2. The van der Waals surface area contributed by atoms with Gasteiger partial charge in [-0.15, -0.1) is 0 Å². The number of carbonyl (C=O) groups excluding carboxylic acids is 2. The summed E-state index contributed by atoms with van der Waals surface area (Å²) in [4.78, 5) is 29.1. The minimum Gasteiger partial charge on any atom is -0.493 e. The zero-order chi connectivity index (χ0) is 31.9. The van der Waals surface area contributed by atoms with Crippen molar-refractivity contribution < 1.29 is 27.5 Å². The number of benzene rings is 3. The van der Waals surface area contributed by atoms with E-state index in [1.54, 1.807) is 55.5 Å². The summed E-state index contributed by atoms with van der Waals surface area (Å²) in [5.74, 6) is -0.109. The molecule has 2 amide bonds. The van der Waals surface area contributed by atoms with Crippen LogP contribution >= 0.6 is 11.6 Å². The first-order valence-electron chi connectivity index (χ1n) is 14.7. The van der Waals surface area contributed by atoms with Crippen LogP contribution in [0.25, 0.3) is 0 Å². The van der Waals surface area contributed by atoms with Crippen LogP contribution in [-0.4, -0.2) is 58.0 Å². The number of nitrogens with zero attached hydrogens (tertiary/aromatic N) is 2. The molecule has 0 aliphatic heterocycles. The van der Waals surface area contributed by atoms with Gasteiger partial charge in [0.25, 0.3) is 10.0 Å². The second-order valence-corrected chi connectivity index (χ2v) is 13.3. The van der Waals surface area contributed by atoms with Crippen molar-refractivity contribution in [1.29, 1.82) is 0 Å². The zero-order valence-electron chi connectivity index (χ0n) is 25.6. The van der Waals surface area contributed by atoms with Gasteiger partial charge in [0.05, 0.1) is 24.8 Å². The Bertz CT molecular complexity index is 1540. The van der Waals surface area contributed by atoms with Gasteiger partial charge in [-0.3, -0.25) is 13.9 Å². The van der Waals surface area contributed by atoms with Crippen molar-refractivity contribution in [2.24, 2.45) is 0 Å². The molecule has 0 radical (unpaired) electrons. The molecule has 44 heavy (non-hydrogen) atoms. The minimum absolute atomic E-state index is 0.0260. The maximum Gasteiger partial charge on any atom is 0.264 e. The molecule has 1 aliphatic rings. The number of anilines is 1. The molecule has 0 aromatic heterocycles. The average molecular weight is 642 g/mol. The monoisotopic (exact) mass is 641 g/mol. The summed E-state index contributed by atoms with van der Waals surface area (Å²) in [6.07, 6.45) is 5.02. The summed E-state index contributed by atoms with van der Waals surface area (Å²) >= 11 is 6.10. The number of sulfonamides is 1. The lowest BCUT2D eigenvalue weighted by atomic mass is 9.95. The molecule has 1 aliphatic carbocycles. The van der Waals surface area contributed by atoms with E-state index in [-0.39, 0.29) is 29.1 Å². The zero-order valence-corrected chi connectivity index (χ0v) is 27.2. The van der Waals surface area contributed by atoms with Crippen LogP contribution in [0.1, 0.15) is 50.2 Å². The van der Waals surface area contributed by atoms with E-state index in [9.17, 15) is 18.0 Å². The first kappa shape index (κ1) is 33.1. The highest BCUT2D eigenvalue weighted by atomic mass is 35.5. The number of nitrogens with one attached hydrogen (secondary N) is 1. The Kier molecular flexibility index (Phi) is 11.2. The van der Waals surface area contributed by atoms with E-state index in [4.69, 9.17) is 21.1 Å². The quantitative estimate of drug-likeness (QED) is 0.271. The van der Waals surface area contributed by atoms with Gasteiger partial charge in [-0.1, -0.05) is 60.7 Å². The molecule has 1 N–H and O–H groups in total. The Hall–Kier alpha value is -3.76. The molecule has 0 unspecified atom stereocenters. The fourth-order valence-electron chi connectivity index (χ4n) is 5.28. The summed E-state index contributed by atoms with van der Waals surface area (Å²) in [7, 11) is -1.29. The molecular formula is C33H40ClN3O6S. The molecule has 1 saturated carbocycles. The van der Waals surface area contributed by atoms with Crippen molar-refractivity contribution in [3.8, 4) is 11.5 Å². The summed E-state index contributed by atoms with van der Waals surface area (Å²) in [5.41, 5.74) is 1.85. The number of amides is 2. The molecule has 0 heterocycles. The lowest BCUT2D eigenvalue weighted by Gasteiger charge is -2.33. The van der Waals surface area contributed by atoms with Crippen molar-refractivity contribution in [3.05, 3.63) is 82.9 Å². The largest absolute Gasteiger partial charge is 0.493 e. The average Bonchev–Trinajstić information content (AvgIpc) is 3.03. The molecule has 1 fully saturated rings. The first-order chi connectivity index (χ1) is 21.0. The highest BCUT2D eigenvalue weighted by Crippen LogP contribution is 2.34. The number of rotatable bonds is 12. The van der Waals surface area contributed by atoms with Crippen molar-refractivity contribution in [3.63, 3.8) is 0 Å². The van der Waals surface area contributed by atoms with Gasteiger partial charge in [-0.05, 0) is 68.7 Å². The molecule has 236 valence electrons. The Morgan fingerprint density at radius 2 is 1.57 bits per heavy atom. The fourth-order valence-corrected chi connectivity index (χ4v) is 6.82. The second-order valence-electron chi connectivity index (χ2n) is 11.0. The smallest absolute Gasteiger partial charge is 0.264 e. The van der Waals surface area contributed by atoms with E-state index in [1.807, 2.05) is 6.92 Å². The lowest BCUT2D eigenvalue weighted by molar-refractivity contribution is -0.139. The molecule has 11 heteroatoms. The van der Waals surface area contributed by atoms with Gasteiger partial charge in [0.15, 0.2) is 11.5 Å². The van der Waals surface area contributed by atoms with Gasteiger partial charge in [0.1, 0.15) is 12.6 Å². The summed E-state index contributed by atoms with van der Waals surface area (Å²) in [6.45, 7) is 3.06. The van der Waals surface area contributed by atoms with Gasteiger partial charge in [-0.25, -0.2) is 8.42 Å². The summed E-state index contributed by atoms with van der Waals surface area (Å²) in [5, 5.41) is 3.65. The Morgan fingerprint density at radius 3 is 2.18 bits per heavy atom. The Balaban J connectivity index is 1.72. The predicted molar refractivity (Wildman–Crippen MR) is 172 cm³/mol. The Labute approximate surface area is 265 Å². The van der Waals surface area contributed by atoms with Crippen LogP contribution in [0.5, 0.6) is 11.5 Å². The van der Waals surface area contributed by atoms with E-state index in [0.29, 0.717) is 16.5 Å². The number of methoxy groups -OCH3 is 2. The third-order valence-corrected chi connectivity index (χ3v) is 9.97. The van der Waals surface area contributed by atoms with Crippen molar-refractivity contribution in [2.45, 2.75) is 69.5 Å². The predicted octanol–water partition coefficient (Wildman–Crippen LogP) is 5.73. The molecule has 0 bridgehead atoms. The van der Waals surface area contributed by atoms with E-state index in [2.05, 4.69) is 5.32 Å². The molecule has 3 aromatic carbocycles. The Morgan fingerprint density at radius 1 is 0.932 bits per heavy atom. The normalized spacial score (nSPS) is 14.4. The third kappa shape index (κ3) is 8.04. The van der Waals surface area contributed by atoms with Crippen LogP contribution in [0, 0.1) is 6.92 Å². The van der Waals surface area contributed by atoms with Gasteiger partial charge >= 0.3 is 0 Å². The molecule has 9 nitrogen and oxygen atoms in total. The third-order valence-electron chi connectivity index (χ3n) is 7.93. The van der Waals surface area contributed by atoms with E-state index in [1.165, 1.54) is 37.3 Å². The van der Waals surface area contributed by atoms with Crippen LogP contribution < -0.4 is 19.1 Å². The molecule has 0 spiro atoms. The maximum absolute atomic E-state index is 14.2. The highest BCUT2D eigenvalue weighted by molar-refractivity contribution is 7.92. The van der Waals surface area contributed by atoms with Gasteiger partial charge < -0.3 is 19.7 Å². The second kappa shape index (κ2) is 14.8. The summed E-state index contributed by atoms with van der Waals surface area (Å²) < 4.78 is 40.0. The van der Waals surface area contributed by atoms with Crippen molar-refractivity contribution in [2.75, 3.05) is 25.1 Å². The SMILES string of the molecule is COc1ccc(N(CC(=O)N(Cc2ccc(Cl)cc2)[C@H](C)C(=O)NC2CCCCC2)S(=O)(=O)c2ccc(C)cc2)cc1OC. The van der Waals surface area contributed by atoms with Crippen molar-refractivity contribution >= 4 is 39.1 Å². The number of hydrogen-bond donors (Lipinski definition) is 1. The topological polar surface area (TPSA) is 105 Å².